The molecule has 33 heavy (non-hydrogen) atoms. The molecule has 2 N–H and O–H groups in total. The molecular weight excluding hydrogens is 464 g/mol. The van der Waals surface area contributed by atoms with Gasteiger partial charge in [0.25, 0.3) is 0 Å². The number of alkyl halides is 3. The molecular formula is C23H25ClF4N2O3. The fraction of sp³-hybridized carbons (Fsp3) is 0.435. The first kappa shape index (κ1) is 25.1. The van der Waals surface area contributed by atoms with Crippen molar-refractivity contribution in [2.75, 3.05) is 18.4 Å². The summed E-state index contributed by atoms with van der Waals surface area (Å²) >= 11 is 6.28. The first-order valence-electron chi connectivity index (χ1n) is 10.3. The van der Waals surface area contributed by atoms with Gasteiger partial charge in [0.1, 0.15) is 11.4 Å². The molecule has 1 heterocycles. The topological polar surface area (TPSA) is 61.8 Å². The maximum absolute atomic E-state index is 14.8. The Morgan fingerprint density at radius 1 is 1.21 bits per heavy atom. The van der Waals surface area contributed by atoms with Crippen molar-refractivity contribution in [1.82, 2.24) is 4.90 Å². The molecule has 0 saturated carbocycles. The number of anilines is 1. The summed E-state index contributed by atoms with van der Waals surface area (Å²) in [4.78, 5) is 13.6. The number of aliphatic hydroxyl groups is 1. The van der Waals surface area contributed by atoms with Crippen LogP contribution < -0.4 is 5.32 Å². The number of ether oxygens (including phenoxy) is 1. The molecule has 1 amide bonds. The van der Waals surface area contributed by atoms with Gasteiger partial charge in [-0.3, -0.25) is 0 Å². The first-order valence-corrected chi connectivity index (χ1v) is 10.7. The van der Waals surface area contributed by atoms with Gasteiger partial charge in [-0.1, -0.05) is 23.7 Å². The second-order valence-corrected chi connectivity index (χ2v) is 9.33. The Morgan fingerprint density at radius 2 is 1.91 bits per heavy atom. The van der Waals surface area contributed by atoms with Crippen LogP contribution >= 0.6 is 11.6 Å². The fourth-order valence-electron chi connectivity index (χ4n) is 3.53. The minimum Gasteiger partial charge on any atom is -0.444 e. The third kappa shape index (κ3) is 6.29. The zero-order valence-corrected chi connectivity index (χ0v) is 19.1. The van der Waals surface area contributed by atoms with E-state index in [0.29, 0.717) is 13.0 Å². The zero-order chi connectivity index (χ0) is 24.6. The Labute approximate surface area is 194 Å². The Morgan fingerprint density at radius 3 is 2.52 bits per heavy atom. The van der Waals surface area contributed by atoms with Crippen molar-refractivity contribution >= 4 is 23.4 Å². The number of hydrogen-bond acceptors (Lipinski definition) is 4. The largest absolute Gasteiger partial charge is 0.444 e. The molecule has 0 aliphatic carbocycles. The molecule has 5 nitrogen and oxygen atoms in total. The number of nitrogens with zero attached hydrogens (tertiary/aromatic N) is 1. The van der Waals surface area contributed by atoms with E-state index in [1.54, 1.807) is 20.8 Å². The zero-order valence-electron chi connectivity index (χ0n) is 18.3. The van der Waals surface area contributed by atoms with Gasteiger partial charge in [0.2, 0.25) is 0 Å². The van der Waals surface area contributed by atoms with Gasteiger partial charge in [0.15, 0.2) is 0 Å². The molecule has 0 aromatic heterocycles. The summed E-state index contributed by atoms with van der Waals surface area (Å²) in [5.74, 6) is -0.762. The number of β-amino-alcohol motifs (C(OH)–C–C–N with tert-alkyl or cyclic N) is 1. The van der Waals surface area contributed by atoms with Crippen molar-refractivity contribution in [3.63, 3.8) is 0 Å². The Hall–Kier alpha value is -2.52. The molecule has 1 aliphatic rings. The lowest BCUT2D eigenvalue weighted by Crippen LogP contribution is -2.52. The number of amides is 1. The van der Waals surface area contributed by atoms with E-state index in [2.05, 4.69) is 5.32 Å². The van der Waals surface area contributed by atoms with Gasteiger partial charge in [0, 0.05) is 12.1 Å². The van der Waals surface area contributed by atoms with E-state index in [1.165, 1.54) is 23.1 Å². The van der Waals surface area contributed by atoms with Gasteiger partial charge < -0.3 is 20.1 Å². The molecule has 3 rings (SSSR count). The van der Waals surface area contributed by atoms with Crippen LogP contribution in [0.4, 0.5) is 28.0 Å². The number of nitrogens with one attached hydrogen (secondary N) is 1. The Bertz CT molecular complexity index is 1020. The number of carbonyl (C=O) groups is 1. The predicted octanol–water partition coefficient (Wildman–Crippen LogP) is 5.95. The van der Waals surface area contributed by atoms with Crippen LogP contribution in [0.2, 0.25) is 5.02 Å². The van der Waals surface area contributed by atoms with Crippen LogP contribution in [0, 0.1) is 5.82 Å². The number of carbonyl (C=O) groups excluding carboxylic acids is 1. The second-order valence-electron chi connectivity index (χ2n) is 8.92. The number of piperidine rings is 1. The second kappa shape index (κ2) is 9.38. The van der Waals surface area contributed by atoms with Gasteiger partial charge >= 0.3 is 12.3 Å². The van der Waals surface area contributed by atoms with E-state index >= 15 is 0 Å². The van der Waals surface area contributed by atoms with Crippen molar-refractivity contribution in [3.8, 4) is 11.1 Å². The number of benzene rings is 2. The minimum absolute atomic E-state index is 0.0228. The molecule has 0 radical (unpaired) electrons. The van der Waals surface area contributed by atoms with Crippen molar-refractivity contribution in [2.24, 2.45) is 0 Å². The van der Waals surface area contributed by atoms with Crippen LogP contribution in [0.15, 0.2) is 36.4 Å². The van der Waals surface area contributed by atoms with E-state index in [4.69, 9.17) is 16.3 Å². The number of halogens is 5. The first-order chi connectivity index (χ1) is 15.2. The van der Waals surface area contributed by atoms with Gasteiger partial charge in [0.05, 0.1) is 35.0 Å². The van der Waals surface area contributed by atoms with Crippen LogP contribution in [0.25, 0.3) is 11.1 Å². The highest BCUT2D eigenvalue weighted by Crippen LogP contribution is 2.36. The predicted molar refractivity (Wildman–Crippen MR) is 118 cm³/mol. The van der Waals surface area contributed by atoms with Crippen molar-refractivity contribution in [1.29, 1.82) is 0 Å². The standard InChI is InChI=1S/C23H25ClF4N2O3/c1-22(2,3)33-21(32)30-8-7-18(20(31)12-30)29-19-11-17(25)15(10-16(19)24)13-5-4-6-14(9-13)23(26,27)28/h4-6,9-11,18,20,29,31H,7-8,12H2,1-3H3. The molecule has 0 bridgehead atoms. The summed E-state index contributed by atoms with van der Waals surface area (Å²) in [6.45, 7) is 5.57. The van der Waals surface area contributed by atoms with Crippen LogP contribution in [0.3, 0.4) is 0 Å². The quantitative estimate of drug-likeness (QED) is 0.524. The van der Waals surface area contributed by atoms with Crippen molar-refractivity contribution in [3.05, 3.63) is 52.8 Å². The third-order valence-electron chi connectivity index (χ3n) is 5.13. The van der Waals surface area contributed by atoms with Crippen LogP contribution in [0.5, 0.6) is 0 Å². The molecule has 0 spiro atoms. The van der Waals surface area contributed by atoms with Gasteiger partial charge in [-0.2, -0.15) is 13.2 Å². The molecule has 2 atom stereocenters. The summed E-state index contributed by atoms with van der Waals surface area (Å²) in [7, 11) is 0. The van der Waals surface area contributed by atoms with E-state index in [0.717, 1.165) is 18.2 Å². The van der Waals surface area contributed by atoms with Crippen molar-refractivity contribution in [2.45, 2.75) is 51.1 Å². The normalized spacial score (nSPS) is 19.4. The van der Waals surface area contributed by atoms with Gasteiger partial charge in [-0.25, -0.2) is 9.18 Å². The Balaban J connectivity index is 1.73. The van der Waals surface area contributed by atoms with Crippen LogP contribution in [0.1, 0.15) is 32.8 Å². The van der Waals surface area contributed by atoms with E-state index in [9.17, 15) is 27.5 Å². The summed E-state index contributed by atoms with van der Waals surface area (Å²) in [6, 6.07) is 6.16. The Kier molecular flexibility index (Phi) is 7.14. The SMILES string of the molecule is CC(C)(C)OC(=O)N1CCC(Nc2cc(F)c(-c3cccc(C(F)(F)F)c3)cc2Cl)C(O)C1. The molecule has 2 unspecified atom stereocenters. The monoisotopic (exact) mass is 488 g/mol. The van der Waals surface area contributed by atoms with Gasteiger partial charge in [-0.05, 0) is 57.0 Å². The minimum atomic E-state index is -4.55. The van der Waals surface area contributed by atoms with Crippen LogP contribution in [-0.4, -0.2) is 46.9 Å². The lowest BCUT2D eigenvalue weighted by molar-refractivity contribution is -0.137. The number of rotatable bonds is 3. The van der Waals surface area contributed by atoms with Crippen LogP contribution in [-0.2, 0) is 10.9 Å². The summed E-state index contributed by atoms with van der Waals surface area (Å²) in [5, 5.41) is 13.6. The maximum atomic E-state index is 14.8. The number of aliphatic hydroxyl groups excluding tert-OH is 1. The molecule has 2 aromatic carbocycles. The van der Waals surface area contributed by atoms with Crippen molar-refractivity contribution < 1.29 is 32.2 Å². The molecule has 1 aliphatic heterocycles. The maximum Gasteiger partial charge on any atom is 0.416 e. The highest BCUT2D eigenvalue weighted by Gasteiger charge is 2.33. The summed E-state index contributed by atoms with van der Waals surface area (Å²) < 4.78 is 59.1. The molecule has 180 valence electrons. The average molecular weight is 489 g/mol. The van der Waals surface area contributed by atoms with E-state index in [1.807, 2.05) is 0 Å². The lowest BCUT2D eigenvalue weighted by atomic mass is 10.00. The molecule has 2 aromatic rings. The smallest absolute Gasteiger partial charge is 0.416 e. The molecule has 10 heteroatoms. The summed E-state index contributed by atoms with van der Waals surface area (Å²) in [5.41, 5.74) is -1.39. The lowest BCUT2D eigenvalue weighted by Gasteiger charge is -2.37. The molecule has 1 fully saturated rings. The fourth-order valence-corrected chi connectivity index (χ4v) is 3.75. The third-order valence-corrected chi connectivity index (χ3v) is 5.44. The average Bonchev–Trinajstić information content (AvgIpc) is 2.70. The summed E-state index contributed by atoms with van der Waals surface area (Å²) in [6.07, 6.45) is -5.70. The van der Waals surface area contributed by atoms with E-state index < -0.39 is 41.4 Å². The number of likely N-dealkylation sites (tertiary alicyclic amines) is 1. The van der Waals surface area contributed by atoms with E-state index in [-0.39, 0.29) is 28.4 Å². The highest BCUT2D eigenvalue weighted by atomic mass is 35.5. The number of hydrogen-bond donors (Lipinski definition) is 2. The highest BCUT2D eigenvalue weighted by molar-refractivity contribution is 6.33. The van der Waals surface area contributed by atoms with Gasteiger partial charge in [-0.15, -0.1) is 0 Å². The molecule has 1 saturated heterocycles.